The minimum Gasteiger partial charge on any atom is -0.484 e. The van der Waals surface area contributed by atoms with Gasteiger partial charge in [0.05, 0.1) is 0 Å². The Bertz CT molecular complexity index is 859. The van der Waals surface area contributed by atoms with E-state index in [0.29, 0.717) is 18.7 Å². The van der Waals surface area contributed by atoms with Crippen molar-refractivity contribution in [1.82, 2.24) is 15.1 Å². The summed E-state index contributed by atoms with van der Waals surface area (Å²) in [6.07, 6.45) is 1.27. The molecule has 31 heavy (non-hydrogen) atoms. The van der Waals surface area contributed by atoms with Crippen molar-refractivity contribution in [1.29, 1.82) is 0 Å². The molecule has 0 aliphatic carbocycles. The smallest absolute Gasteiger partial charge is 0.258 e. The molecule has 0 unspecified atom stereocenters. The van der Waals surface area contributed by atoms with Gasteiger partial charge in [0.2, 0.25) is 0 Å². The fourth-order valence-corrected chi connectivity index (χ4v) is 3.58. The number of likely N-dealkylation sites (N-methyl/N-ethyl adjacent to an activating group) is 1. The molecule has 1 aliphatic rings. The minimum absolute atomic E-state index is 0.0201. The van der Waals surface area contributed by atoms with Gasteiger partial charge in [0.1, 0.15) is 11.5 Å². The summed E-state index contributed by atoms with van der Waals surface area (Å²) in [7, 11) is 2.16. The van der Waals surface area contributed by atoms with Crippen LogP contribution in [0, 0.1) is 0 Å². The number of piperazine rings is 1. The lowest BCUT2D eigenvalue weighted by molar-refractivity contribution is -0.123. The monoisotopic (exact) mass is 423 g/mol. The molecule has 0 radical (unpaired) electrons. The topological polar surface area (TPSA) is 61.9 Å². The zero-order valence-corrected chi connectivity index (χ0v) is 18.6. The summed E-state index contributed by atoms with van der Waals surface area (Å²) < 4.78 is 5.58. The van der Waals surface area contributed by atoms with Gasteiger partial charge < -0.3 is 19.7 Å². The molecule has 0 spiro atoms. The Morgan fingerprint density at radius 1 is 0.968 bits per heavy atom. The molecular formula is C25H33N3O3. The van der Waals surface area contributed by atoms with E-state index in [4.69, 9.17) is 4.74 Å². The second kappa shape index (κ2) is 11.6. The Labute approximate surface area is 185 Å². The van der Waals surface area contributed by atoms with Gasteiger partial charge in [-0.2, -0.15) is 0 Å². The molecule has 1 saturated heterocycles. The van der Waals surface area contributed by atoms with Crippen LogP contribution in [0.25, 0.3) is 0 Å². The summed E-state index contributed by atoms with van der Waals surface area (Å²) in [5.74, 6) is 0.683. The van der Waals surface area contributed by atoms with Crippen molar-refractivity contribution in [2.75, 3.05) is 39.8 Å². The standard InChI is InChI=1S/C25H33N3O3/c1-20(29)6-7-21-8-10-24(11-9-21)31-19-25(30)26-17-22-4-3-5-23(16-22)18-28-14-12-27(2)13-15-28/h3-5,8-11,16H,6-7,12-15,17-19H2,1-2H3,(H,26,30). The second-order valence-electron chi connectivity index (χ2n) is 8.31. The molecule has 0 atom stereocenters. The summed E-state index contributed by atoms with van der Waals surface area (Å²) in [5, 5.41) is 2.93. The Balaban J connectivity index is 1.40. The summed E-state index contributed by atoms with van der Waals surface area (Å²) in [4.78, 5) is 28.1. The van der Waals surface area contributed by atoms with E-state index >= 15 is 0 Å². The van der Waals surface area contributed by atoms with Crippen LogP contribution in [-0.2, 0) is 29.1 Å². The van der Waals surface area contributed by atoms with E-state index in [1.54, 1.807) is 6.92 Å². The number of amides is 1. The quantitative estimate of drug-likeness (QED) is 0.637. The van der Waals surface area contributed by atoms with E-state index in [-0.39, 0.29) is 18.3 Å². The second-order valence-corrected chi connectivity index (χ2v) is 8.31. The largest absolute Gasteiger partial charge is 0.484 e. The Kier molecular flexibility index (Phi) is 8.62. The molecule has 1 heterocycles. The molecule has 6 nitrogen and oxygen atoms in total. The van der Waals surface area contributed by atoms with Gasteiger partial charge in [-0.25, -0.2) is 0 Å². The lowest BCUT2D eigenvalue weighted by atomic mass is 10.1. The van der Waals surface area contributed by atoms with Gasteiger partial charge in [-0.1, -0.05) is 36.4 Å². The van der Waals surface area contributed by atoms with Crippen LogP contribution in [0.15, 0.2) is 48.5 Å². The van der Waals surface area contributed by atoms with E-state index in [2.05, 4.69) is 40.4 Å². The number of aryl methyl sites for hydroxylation is 1. The first-order valence-electron chi connectivity index (χ1n) is 10.9. The summed E-state index contributed by atoms with van der Waals surface area (Å²) in [6.45, 7) is 7.41. The molecule has 0 saturated carbocycles. The zero-order chi connectivity index (χ0) is 22.1. The van der Waals surface area contributed by atoms with E-state index < -0.39 is 0 Å². The van der Waals surface area contributed by atoms with Crippen LogP contribution in [0.3, 0.4) is 0 Å². The lowest BCUT2D eigenvalue weighted by Crippen LogP contribution is -2.43. The number of hydrogen-bond acceptors (Lipinski definition) is 5. The molecule has 3 rings (SSSR count). The summed E-state index contributed by atoms with van der Waals surface area (Å²) in [5.41, 5.74) is 3.45. The maximum Gasteiger partial charge on any atom is 0.258 e. The predicted octanol–water partition coefficient (Wildman–Crippen LogP) is 2.65. The number of benzene rings is 2. The Morgan fingerprint density at radius 2 is 1.68 bits per heavy atom. The third-order valence-corrected chi connectivity index (χ3v) is 5.54. The fourth-order valence-electron chi connectivity index (χ4n) is 3.58. The van der Waals surface area contributed by atoms with E-state index in [1.807, 2.05) is 30.3 Å². The normalized spacial score (nSPS) is 14.9. The molecule has 1 aliphatic heterocycles. The maximum atomic E-state index is 12.2. The number of ether oxygens (including phenoxy) is 1. The fraction of sp³-hybridized carbons (Fsp3) is 0.440. The van der Waals surface area contributed by atoms with Gasteiger partial charge in [0.15, 0.2) is 6.61 Å². The van der Waals surface area contributed by atoms with Crippen LogP contribution < -0.4 is 10.1 Å². The van der Waals surface area contributed by atoms with Crippen LogP contribution in [0.1, 0.15) is 30.0 Å². The molecule has 1 amide bonds. The molecule has 2 aromatic carbocycles. The van der Waals surface area contributed by atoms with Crippen molar-refractivity contribution in [3.8, 4) is 5.75 Å². The molecule has 0 aromatic heterocycles. The van der Waals surface area contributed by atoms with Crippen LogP contribution in [0.2, 0.25) is 0 Å². The highest BCUT2D eigenvalue weighted by atomic mass is 16.5. The first-order valence-corrected chi connectivity index (χ1v) is 10.9. The number of carbonyl (C=O) groups excluding carboxylic acids is 2. The highest BCUT2D eigenvalue weighted by Crippen LogP contribution is 2.14. The number of nitrogens with zero attached hydrogens (tertiary/aromatic N) is 2. The van der Waals surface area contributed by atoms with Crippen LogP contribution >= 0.6 is 0 Å². The summed E-state index contributed by atoms with van der Waals surface area (Å²) in [6, 6.07) is 15.9. The highest BCUT2D eigenvalue weighted by Gasteiger charge is 2.14. The molecule has 2 aromatic rings. The maximum absolute atomic E-state index is 12.2. The first-order chi connectivity index (χ1) is 15.0. The van der Waals surface area contributed by atoms with Gasteiger partial charge in [-0.3, -0.25) is 9.69 Å². The van der Waals surface area contributed by atoms with Crippen LogP contribution in [-0.4, -0.2) is 61.3 Å². The molecule has 6 heteroatoms. The Morgan fingerprint density at radius 3 is 2.39 bits per heavy atom. The zero-order valence-electron chi connectivity index (χ0n) is 18.6. The Hall–Kier alpha value is -2.70. The lowest BCUT2D eigenvalue weighted by Gasteiger charge is -2.32. The molecule has 1 fully saturated rings. The van der Waals surface area contributed by atoms with Crippen molar-refractivity contribution in [2.24, 2.45) is 0 Å². The number of rotatable bonds is 10. The SMILES string of the molecule is CC(=O)CCc1ccc(OCC(=O)NCc2cccc(CN3CCN(C)CC3)c2)cc1. The number of nitrogens with one attached hydrogen (secondary N) is 1. The van der Waals surface area contributed by atoms with Gasteiger partial charge in [-0.05, 0) is 49.2 Å². The predicted molar refractivity (Wildman–Crippen MR) is 122 cm³/mol. The molecule has 0 bridgehead atoms. The molecule has 1 N–H and O–H groups in total. The van der Waals surface area contributed by atoms with Crippen molar-refractivity contribution < 1.29 is 14.3 Å². The molecular weight excluding hydrogens is 390 g/mol. The third-order valence-electron chi connectivity index (χ3n) is 5.54. The van der Waals surface area contributed by atoms with Gasteiger partial charge in [0, 0.05) is 45.7 Å². The van der Waals surface area contributed by atoms with E-state index in [9.17, 15) is 9.59 Å². The molecule has 166 valence electrons. The minimum atomic E-state index is -0.148. The first kappa shape index (κ1) is 23.0. The van der Waals surface area contributed by atoms with Crippen molar-refractivity contribution in [3.63, 3.8) is 0 Å². The number of ketones is 1. The van der Waals surface area contributed by atoms with Crippen LogP contribution in [0.5, 0.6) is 5.75 Å². The van der Waals surface area contributed by atoms with Crippen molar-refractivity contribution >= 4 is 11.7 Å². The van der Waals surface area contributed by atoms with Gasteiger partial charge >= 0.3 is 0 Å². The van der Waals surface area contributed by atoms with Gasteiger partial charge in [-0.15, -0.1) is 0 Å². The number of hydrogen-bond donors (Lipinski definition) is 1. The van der Waals surface area contributed by atoms with Crippen molar-refractivity contribution in [2.45, 2.75) is 32.9 Å². The number of carbonyl (C=O) groups is 2. The van der Waals surface area contributed by atoms with Gasteiger partial charge in [0.25, 0.3) is 5.91 Å². The summed E-state index contributed by atoms with van der Waals surface area (Å²) >= 11 is 0. The van der Waals surface area contributed by atoms with E-state index in [0.717, 1.165) is 50.3 Å². The van der Waals surface area contributed by atoms with Crippen LogP contribution in [0.4, 0.5) is 0 Å². The number of Topliss-reactive ketones (excluding diaryl/α,β-unsaturated/α-hetero) is 1. The highest BCUT2D eigenvalue weighted by molar-refractivity contribution is 5.77. The average molecular weight is 424 g/mol. The third kappa shape index (κ3) is 8.15. The average Bonchev–Trinajstić information content (AvgIpc) is 2.77. The van der Waals surface area contributed by atoms with Crippen molar-refractivity contribution in [3.05, 3.63) is 65.2 Å². The van der Waals surface area contributed by atoms with E-state index in [1.165, 1.54) is 5.56 Å².